The fourth-order valence-electron chi connectivity index (χ4n) is 2.89. The minimum Gasteiger partial charge on any atom is -0.336 e. The van der Waals surface area contributed by atoms with E-state index in [0.717, 1.165) is 10.2 Å². The van der Waals surface area contributed by atoms with Crippen LogP contribution in [0.15, 0.2) is 64.4 Å². The zero-order valence-electron chi connectivity index (χ0n) is 13.6. The number of hydrogen-bond acceptors (Lipinski definition) is 4. The van der Waals surface area contributed by atoms with Crippen molar-refractivity contribution in [3.05, 3.63) is 86.7 Å². The first-order valence-corrected chi connectivity index (χ1v) is 7.89. The predicted molar refractivity (Wildman–Crippen MR) is 98.2 cm³/mol. The number of hydrogen-bond donors (Lipinski definition) is 1. The smallest absolute Gasteiger partial charge is 0.278 e. The summed E-state index contributed by atoms with van der Waals surface area (Å²) < 4.78 is 2.61. The highest BCUT2D eigenvalue weighted by Crippen LogP contribution is 2.14. The first-order chi connectivity index (χ1) is 12.0. The molecule has 6 nitrogen and oxygen atoms in total. The molecule has 4 aromatic rings. The van der Waals surface area contributed by atoms with Crippen LogP contribution in [-0.2, 0) is 6.54 Å². The van der Waals surface area contributed by atoms with Crippen molar-refractivity contribution in [2.75, 3.05) is 5.84 Å². The molecule has 25 heavy (non-hydrogen) atoms. The molecule has 0 spiro atoms. The van der Waals surface area contributed by atoms with Crippen molar-refractivity contribution < 1.29 is 0 Å². The van der Waals surface area contributed by atoms with Crippen molar-refractivity contribution in [1.82, 2.24) is 14.2 Å². The Bertz CT molecular complexity index is 1220. The Morgan fingerprint density at radius 1 is 0.920 bits per heavy atom. The van der Waals surface area contributed by atoms with Gasteiger partial charge in [-0.25, -0.2) is 9.66 Å². The zero-order valence-corrected chi connectivity index (χ0v) is 13.6. The summed E-state index contributed by atoms with van der Waals surface area (Å²) in [5.74, 6) is 5.61. The van der Waals surface area contributed by atoms with E-state index in [4.69, 9.17) is 5.84 Å². The number of nitrogens with two attached hydrogens (primary N) is 1. The van der Waals surface area contributed by atoms with E-state index in [1.54, 1.807) is 29.0 Å². The third-order valence-electron chi connectivity index (χ3n) is 4.32. The fraction of sp³-hybridized carbons (Fsp3) is 0.105. The summed E-state index contributed by atoms with van der Waals surface area (Å²) in [5.41, 5.74) is 2.73. The predicted octanol–water partition coefficient (Wildman–Crippen LogP) is 1.78. The van der Waals surface area contributed by atoms with Gasteiger partial charge in [0.2, 0.25) is 0 Å². The number of fused-ring (bicyclic) bond motifs is 2. The zero-order chi connectivity index (χ0) is 17.6. The van der Waals surface area contributed by atoms with Gasteiger partial charge in [0.15, 0.2) is 0 Å². The van der Waals surface area contributed by atoms with Crippen LogP contribution >= 0.6 is 0 Å². The Labute approximate surface area is 142 Å². The maximum atomic E-state index is 12.8. The van der Waals surface area contributed by atoms with Crippen LogP contribution in [-0.4, -0.2) is 14.2 Å². The van der Waals surface area contributed by atoms with Gasteiger partial charge in [0.1, 0.15) is 0 Å². The monoisotopic (exact) mass is 332 g/mol. The van der Waals surface area contributed by atoms with E-state index >= 15 is 0 Å². The topological polar surface area (TPSA) is 82.9 Å². The van der Waals surface area contributed by atoms with Gasteiger partial charge in [0.05, 0.1) is 28.4 Å². The van der Waals surface area contributed by atoms with Gasteiger partial charge in [-0.1, -0.05) is 29.8 Å². The molecule has 0 aliphatic heterocycles. The summed E-state index contributed by atoms with van der Waals surface area (Å²) in [6.45, 7) is 2.48. The summed E-state index contributed by atoms with van der Waals surface area (Å²) in [4.78, 5) is 29.4. The minimum atomic E-state index is -0.375. The number of benzene rings is 1. The molecule has 0 amide bonds. The molecule has 2 N–H and O–H groups in total. The fourth-order valence-corrected chi connectivity index (χ4v) is 2.89. The van der Waals surface area contributed by atoms with Crippen LogP contribution in [0.3, 0.4) is 0 Å². The normalized spacial score (nSPS) is 11.2. The molecule has 0 unspecified atom stereocenters. The number of rotatable bonds is 2. The molecule has 0 atom stereocenters. The summed E-state index contributed by atoms with van der Waals surface area (Å²) in [7, 11) is 0. The van der Waals surface area contributed by atoms with Crippen molar-refractivity contribution in [3.8, 4) is 0 Å². The number of nitrogens with zero attached hydrogens (tertiary/aromatic N) is 3. The first-order valence-electron chi connectivity index (χ1n) is 7.89. The molecular formula is C19H16N4O2. The molecule has 0 aliphatic carbocycles. The van der Waals surface area contributed by atoms with Crippen molar-refractivity contribution in [1.29, 1.82) is 0 Å². The largest absolute Gasteiger partial charge is 0.336 e. The Morgan fingerprint density at radius 3 is 2.28 bits per heavy atom. The molecule has 0 saturated carbocycles. The summed E-state index contributed by atoms with van der Waals surface area (Å²) in [5, 5.41) is 0.744. The highest BCUT2D eigenvalue weighted by atomic mass is 16.1. The second kappa shape index (κ2) is 5.59. The van der Waals surface area contributed by atoms with E-state index in [1.807, 2.05) is 31.2 Å². The van der Waals surface area contributed by atoms with Crippen LogP contribution in [0.4, 0.5) is 0 Å². The van der Waals surface area contributed by atoms with Gasteiger partial charge in [0, 0.05) is 12.4 Å². The number of nitrogen functional groups attached to an aromatic ring is 1. The minimum absolute atomic E-state index is 0.181. The molecule has 1 aromatic carbocycles. The second-order valence-electron chi connectivity index (χ2n) is 6.12. The van der Waals surface area contributed by atoms with Crippen molar-refractivity contribution in [2.45, 2.75) is 13.5 Å². The summed E-state index contributed by atoms with van der Waals surface area (Å²) in [6, 6.07) is 13.1. The number of pyridine rings is 3. The van der Waals surface area contributed by atoms with Gasteiger partial charge in [0.25, 0.3) is 11.1 Å². The third kappa shape index (κ3) is 2.57. The van der Waals surface area contributed by atoms with Crippen LogP contribution in [0, 0.1) is 6.92 Å². The van der Waals surface area contributed by atoms with Gasteiger partial charge in [-0.2, -0.15) is 0 Å². The van der Waals surface area contributed by atoms with E-state index in [0.29, 0.717) is 28.4 Å². The van der Waals surface area contributed by atoms with Crippen LogP contribution in [0.1, 0.15) is 11.1 Å². The molecular weight excluding hydrogens is 316 g/mol. The lowest BCUT2D eigenvalue weighted by Gasteiger charge is -2.08. The maximum Gasteiger partial charge on any atom is 0.278 e. The van der Waals surface area contributed by atoms with E-state index in [-0.39, 0.29) is 11.1 Å². The maximum absolute atomic E-state index is 12.8. The summed E-state index contributed by atoms with van der Waals surface area (Å²) in [6.07, 6.45) is 3.19. The van der Waals surface area contributed by atoms with Crippen LogP contribution in [0.5, 0.6) is 0 Å². The van der Waals surface area contributed by atoms with Gasteiger partial charge in [-0.15, -0.1) is 0 Å². The molecule has 124 valence electrons. The van der Waals surface area contributed by atoms with Gasteiger partial charge in [-0.3, -0.25) is 9.59 Å². The average Bonchev–Trinajstić information content (AvgIpc) is 2.62. The van der Waals surface area contributed by atoms with E-state index in [2.05, 4.69) is 4.98 Å². The van der Waals surface area contributed by atoms with Crippen molar-refractivity contribution in [2.24, 2.45) is 0 Å². The molecule has 0 bridgehead atoms. The molecule has 0 radical (unpaired) electrons. The molecule has 0 aliphatic rings. The Hall–Kier alpha value is -3.41. The third-order valence-corrected chi connectivity index (χ3v) is 4.32. The van der Waals surface area contributed by atoms with Crippen LogP contribution in [0.2, 0.25) is 0 Å². The Kier molecular flexibility index (Phi) is 3.39. The molecule has 3 heterocycles. The van der Waals surface area contributed by atoms with Gasteiger partial charge >= 0.3 is 0 Å². The molecule has 4 rings (SSSR count). The molecule has 0 saturated heterocycles. The van der Waals surface area contributed by atoms with Gasteiger partial charge in [-0.05, 0) is 30.7 Å². The highest BCUT2D eigenvalue weighted by molar-refractivity contribution is 5.91. The number of aryl methyl sites for hydroxylation is 1. The van der Waals surface area contributed by atoms with E-state index in [9.17, 15) is 9.59 Å². The quantitative estimate of drug-likeness (QED) is 0.448. The van der Waals surface area contributed by atoms with E-state index < -0.39 is 0 Å². The van der Waals surface area contributed by atoms with Crippen molar-refractivity contribution >= 4 is 21.8 Å². The second-order valence-corrected chi connectivity index (χ2v) is 6.12. The lowest BCUT2D eigenvalue weighted by atomic mass is 10.1. The van der Waals surface area contributed by atoms with Crippen LogP contribution in [0.25, 0.3) is 21.8 Å². The Balaban J connectivity index is 1.90. The lowest BCUT2D eigenvalue weighted by Crippen LogP contribution is -2.27. The SMILES string of the molecule is Cc1ccc(Cn2ccc3nc4ccn(N)c(=O)c4cc3c2=O)cc1. The molecule has 0 fully saturated rings. The molecule has 6 heteroatoms. The van der Waals surface area contributed by atoms with E-state index in [1.165, 1.54) is 11.8 Å². The van der Waals surface area contributed by atoms with Gasteiger partial charge < -0.3 is 10.4 Å². The molecule has 3 aromatic heterocycles. The lowest BCUT2D eigenvalue weighted by molar-refractivity contribution is 0.767. The van der Waals surface area contributed by atoms with Crippen LogP contribution < -0.4 is 17.0 Å². The average molecular weight is 332 g/mol. The highest BCUT2D eigenvalue weighted by Gasteiger charge is 2.09. The standard InChI is InChI=1S/C19H16N4O2/c1-12-2-4-13(5-3-12)11-22-8-6-16-14(18(22)24)10-15-17(21-16)7-9-23(20)19(15)25/h2-10H,11,20H2,1H3. The summed E-state index contributed by atoms with van der Waals surface area (Å²) >= 11 is 0. The van der Waals surface area contributed by atoms with Crippen molar-refractivity contribution in [3.63, 3.8) is 0 Å². The number of aromatic nitrogens is 3. The Morgan fingerprint density at radius 2 is 1.56 bits per heavy atom. The first kappa shape index (κ1) is 15.1.